The van der Waals surface area contributed by atoms with Crippen LogP contribution in [-0.2, 0) is 16.1 Å². The average molecular weight is 304 g/mol. The van der Waals surface area contributed by atoms with Gasteiger partial charge in [-0.2, -0.15) is 0 Å². The van der Waals surface area contributed by atoms with Crippen LogP contribution in [0, 0.1) is 0 Å². The molecular weight excluding hydrogens is 282 g/mol. The van der Waals surface area contributed by atoms with Crippen molar-refractivity contribution in [3.63, 3.8) is 0 Å². The summed E-state index contributed by atoms with van der Waals surface area (Å²) in [5.74, 6) is 0. The molecule has 114 valence electrons. The Labute approximate surface area is 124 Å². The van der Waals surface area contributed by atoms with Gasteiger partial charge in [0.15, 0.2) is 0 Å². The van der Waals surface area contributed by atoms with Crippen LogP contribution in [0.25, 0.3) is 0 Å². The minimum absolute atomic E-state index is 0.207. The van der Waals surface area contributed by atoms with E-state index >= 15 is 0 Å². The van der Waals surface area contributed by atoms with Crippen molar-refractivity contribution in [1.29, 1.82) is 0 Å². The molecule has 5 nitrogen and oxygen atoms in total. The summed E-state index contributed by atoms with van der Waals surface area (Å²) in [7, 11) is 1.53. The number of halogens is 1. The van der Waals surface area contributed by atoms with E-state index in [0.717, 1.165) is 5.56 Å². The number of aliphatic hydroxyl groups excluding tert-OH is 2. The first-order chi connectivity index (χ1) is 9.63. The van der Waals surface area contributed by atoms with Gasteiger partial charge in [0.2, 0.25) is 0 Å². The minimum atomic E-state index is -0.632. The van der Waals surface area contributed by atoms with Crippen LogP contribution in [-0.4, -0.2) is 55.8 Å². The van der Waals surface area contributed by atoms with E-state index in [1.165, 1.54) is 7.11 Å². The van der Waals surface area contributed by atoms with Gasteiger partial charge in [-0.1, -0.05) is 29.8 Å². The molecule has 0 aliphatic carbocycles. The second-order valence-electron chi connectivity index (χ2n) is 4.53. The Morgan fingerprint density at radius 3 is 2.45 bits per heavy atom. The fourth-order valence-electron chi connectivity index (χ4n) is 1.65. The van der Waals surface area contributed by atoms with Gasteiger partial charge in [-0.05, 0) is 11.6 Å². The lowest BCUT2D eigenvalue weighted by molar-refractivity contribution is 0.0242. The highest BCUT2D eigenvalue weighted by atomic mass is 35.5. The Morgan fingerprint density at radius 2 is 1.80 bits per heavy atom. The maximum atomic E-state index is 9.71. The van der Waals surface area contributed by atoms with E-state index in [1.807, 2.05) is 18.2 Å². The Balaban J connectivity index is 2.11. The molecule has 0 heterocycles. The smallest absolute Gasteiger partial charge is 0.0897 e. The summed E-state index contributed by atoms with van der Waals surface area (Å²) >= 11 is 5.99. The van der Waals surface area contributed by atoms with Crippen molar-refractivity contribution in [2.75, 3.05) is 33.4 Å². The third-order valence-corrected chi connectivity index (χ3v) is 3.01. The number of aliphatic hydroxyl groups is 2. The van der Waals surface area contributed by atoms with E-state index in [9.17, 15) is 10.2 Å². The number of benzene rings is 1. The van der Waals surface area contributed by atoms with Crippen LogP contribution in [0.2, 0.25) is 5.02 Å². The molecular formula is C14H22ClNO4. The molecule has 20 heavy (non-hydrogen) atoms. The fraction of sp³-hybridized carbons (Fsp3) is 0.571. The third kappa shape index (κ3) is 7.19. The lowest BCUT2D eigenvalue weighted by Gasteiger charge is -2.15. The first-order valence-corrected chi connectivity index (χ1v) is 6.88. The molecule has 0 aromatic heterocycles. The van der Waals surface area contributed by atoms with Crippen molar-refractivity contribution in [1.82, 2.24) is 5.32 Å². The van der Waals surface area contributed by atoms with Gasteiger partial charge in [-0.15, -0.1) is 0 Å². The molecule has 3 N–H and O–H groups in total. The molecule has 0 bridgehead atoms. The molecule has 2 atom stereocenters. The van der Waals surface area contributed by atoms with Crippen LogP contribution in [0.3, 0.4) is 0 Å². The van der Waals surface area contributed by atoms with E-state index in [1.54, 1.807) is 6.07 Å². The monoisotopic (exact) mass is 303 g/mol. The number of hydrogen-bond acceptors (Lipinski definition) is 5. The highest BCUT2D eigenvalue weighted by Gasteiger charge is 2.07. The number of rotatable bonds is 10. The van der Waals surface area contributed by atoms with Gasteiger partial charge in [0.05, 0.1) is 32.0 Å². The van der Waals surface area contributed by atoms with Crippen LogP contribution in [0.5, 0.6) is 0 Å². The maximum Gasteiger partial charge on any atom is 0.0897 e. The Kier molecular flexibility index (Phi) is 8.77. The first kappa shape index (κ1) is 17.4. The number of methoxy groups -OCH3 is 1. The summed E-state index contributed by atoms with van der Waals surface area (Å²) in [6, 6.07) is 7.43. The van der Waals surface area contributed by atoms with E-state index in [4.69, 9.17) is 21.1 Å². The molecule has 0 fully saturated rings. The van der Waals surface area contributed by atoms with Gasteiger partial charge in [0.1, 0.15) is 0 Å². The molecule has 0 saturated carbocycles. The quantitative estimate of drug-likeness (QED) is 0.597. The highest BCUT2D eigenvalue weighted by molar-refractivity contribution is 6.31. The van der Waals surface area contributed by atoms with E-state index in [0.29, 0.717) is 24.7 Å². The van der Waals surface area contributed by atoms with E-state index in [2.05, 4.69) is 5.32 Å². The summed E-state index contributed by atoms with van der Waals surface area (Å²) < 4.78 is 10.2. The van der Waals surface area contributed by atoms with E-state index < -0.39 is 12.2 Å². The summed E-state index contributed by atoms with van der Waals surface area (Å²) in [5, 5.41) is 22.7. The summed E-state index contributed by atoms with van der Waals surface area (Å²) in [6.45, 7) is 1.56. The summed E-state index contributed by atoms with van der Waals surface area (Å²) in [6.07, 6.45) is -1.21. The second-order valence-corrected chi connectivity index (χ2v) is 4.93. The van der Waals surface area contributed by atoms with Crippen molar-refractivity contribution >= 4 is 11.6 Å². The molecule has 0 spiro atoms. The van der Waals surface area contributed by atoms with E-state index in [-0.39, 0.29) is 13.2 Å². The van der Waals surface area contributed by atoms with Crippen molar-refractivity contribution in [2.24, 2.45) is 0 Å². The fourth-order valence-corrected chi connectivity index (χ4v) is 1.84. The van der Waals surface area contributed by atoms with Gasteiger partial charge >= 0.3 is 0 Å². The molecule has 6 heteroatoms. The molecule has 0 amide bonds. The number of hydrogen-bond donors (Lipinski definition) is 3. The van der Waals surface area contributed by atoms with Crippen molar-refractivity contribution in [3.05, 3.63) is 34.9 Å². The van der Waals surface area contributed by atoms with Gasteiger partial charge in [0, 0.05) is 25.2 Å². The second kappa shape index (κ2) is 10.1. The normalized spacial score (nSPS) is 14.2. The predicted octanol–water partition coefficient (Wildman–Crippen LogP) is 0.814. The zero-order valence-electron chi connectivity index (χ0n) is 11.6. The summed E-state index contributed by atoms with van der Waals surface area (Å²) in [4.78, 5) is 0. The van der Waals surface area contributed by atoms with Gasteiger partial charge < -0.3 is 25.0 Å². The van der Waals surface area contributed by atoms with Gasteiger partial charge in [-0.3, -0.25) is 0 Å². The zero-order chi connectivity index (χ0) is 14.8. The minimum Gasteiger partial charge on any atom is -0.389 e. The number of nitrogens with one attached hydrogen (secondary N) is 1. The lowest BCUT2D eigenvalue weighted by atomic mass is 10.2. The molecule has 0 aliphatic heterocycles. The molecule has 1 aromatic carbocycles. The maximum absolute atomic E-state index is 9.71. The van der Waals surface area contributed by atoms with Crippen molar-refractivity contribution < 1.29 is 19.7 Å². The molecule has 1 rings (SSSR count). The topological polar surface area (TPSA) is 71.0 Å². The average Bonchev–Trinajstić information content (AvgIpc) is 2.41. The molecule has 0 aliphatic rings. The Morgan fingerprint density at radius 1 is 1.15 bits per heavy atom. The number of ether oxygens (including phenoxy) is 2. The SMILES string of the molecule is COCC(O)CNCC(O)COCc1ccccc1Cl. The van der Waals surface area contributed by atoms with Crippen LogP contribution in [0.4, 0.5) is 0 Å². The van der Waals surface area contributed by atoms with Crippen LogP contribution >= 0.6 is 11.6 Å². The molecule has 0 saturated heterocycles. The molecule has 1 aromatic rings. The Bertz CT molecular complexity index is 378. The van der Waals surface area contributed by atoms with Crippen molar-refractivity contribution in [2.45, 2.75) is 18.8 Å². The van der Waals surface area contributed by atoms with Crippen LogP contribution < -0.4 is 5.32 Å². The van der Waals surface area contributed by atoms with Crippen molar-refractivity contribution in [3.8, 4) is 0 Å². The Hall–Kier alpha value is -0.690. The third-order valence-electron chi connectivity index (χ3n) is 2.64. The van der Waals surface area contributed by atoms with Gasteiger partial charge in [0.25, 0.3) is 0 Å². The predicted molar refractivity (Wildman–Crippen MR) is 77.9 cm³/mol. The zero-order valence-corrected chi connectivity index (χ0v) is 12.3. The standard InChI is InChI=1S/C14H22ClNO4/c1-19-9-12(17)6-16-7-13(18)10-20-8-11-4-2-3-5-14(11)15/h2-5,12-13,16-18H,6-10H2,1H3. The summed E-state index contributed by atoms with van der Waals surface area (Å²) in [5.41, 5.74) is 0.893. The van der Waals surface area contributed by atoms with Gasteiger partial charge in [-0.25, -0.2) is 0 Å². The largest absolute Gasteiger partial charge is 0.389 e. The molecule has 0 radical (unpaired) electrons. The molecule has 2 unspecified atom stereocenters. The highest BCUT2D eigenvalue weighted by Crippen LogP contribution is 2.15. The lowest BCUT2D eigenvalue weighted by Crippen LogP contribution is -2.36. The van der Waals surface area contributed by atoms with Crippen LogP contribution in [0.1, 0.15) is 5.56 Å². The van der Waals surface area contributed by atoms with Crippen LogP contribution in [0.15, 0.2) is 24.3 Å². The first-order valence-electron chi connectivity index (χ1n) is 6.50.